The number of rotatable bonds is 22. The molecule has 5 unspecified atom stereocenters. The van der Waals surface area contributed by atoms with E-state index in [-0.39, 0.29) is 74.7 Å². The monoisotopic (exact) mass is 1270 g/mol. The number of hydrogen-bond donors (Lipinski definition) is 4. The highest BCUT2D eigenvalue weighted by molar-refractivity contribution is 6.77. The number of carbonyl (C=O) groups is 8. The average Bonchev–Trinajstić information content (AvgIpc) is 1.49. The average molecular weight is 1270 g/mol. The highest BCUT2D eigenvalue weighted by Crippen LogP contribution is 2.44. The smallest absolute Gasteiger partial charge is 0.408 e. The molecule has 500 valence electrons. The number of alkyl carbamates (subject to hydrolysis) is 2. The number of unbranched alkanes of at least 4 members (excludes halogenated alkanes) is 1. The summed E-state index contributed by atoms with van der Waals surface area (Å²) in [5.74, 6) is -5.53. The maximum Gasteiger partial charge on any atom is 0.408 e. The Balaban J connectivity index is 1.95. The fourth-order valence-corrected chi connectivity index (χ4v) is 17.8. The van der Waals surface area contributed by atoms with Gasteiger partial charge in [0.15, 0.2) is 0 Å². The van der Waals surface area contributed by atoms with Crippen LogP contribution in [0.1, 0.15) is 160 Å². The van der Waals surface area contributed by atoms with Gasteiger partial charge in [0, 0.05) is 33.7 Å². The van der Waals surface area contributed by atoms with Crippen molar-refractivity contribution in [2.24, 2.45) is 17.8 Å². The van der Waals surface area contributed by atoms with E-state index in [1.807, 2.05) is 58.0 Å². The number of hydrogen-bond acceptors (Lipinski definition) is 16. The predicted octanol–water partition coefficient (Wildman–Crippen LogP) is 9.15. The van der Waals surface area contributed by atoms with E-state index >= 15 is 24.0 Å². The Bertz CT molecular complexity index is 2580. The van der Waals surface area contributed by atoms with Crippen LogP contribution in [0.3, 0.4) is 0 Å². The molecule has 4 rings (SSSR count). The fourth-order valence-electron chi connectivity index (χ4n) is 12.2. The number of nitrogens with zero attached hydrogens (tertiary/aromatic N) is 2. The van der Waals surface area contributed by atoms with Gasteiger partial charge in [-0.2, -0.15) is 0 Å². The zero-order chi connectivity index (χ0) is 66.5. The second-order valence-corrected chi connectivity index (χ2v) is 31.5. The molecule has 89 heavy (non-hydrogen) atoms. The largest absolute Gasteiger partial charge is 0.497 e. The van der Waals surface area contributed by atoms with Crippen LogP contribution in [0.25, 0.3) is 0 Å². The molecule has 0 radical (unpaired) electrons. The lowest BCUT2D eigenvalue weighted by atomic mass is 9.90. The van der Waals surface area contributed by atoms with E-state index in [0.29, 0.717) is 37.0 Å². The first kappa shape index (κ1) is 75.2. The number of benzene rings is 2. The molecular weight excluding hydrogens is 1160 g/mol. The van der Waals surface area contributed by atoms with Crippen molar-refractivity contribution in [3.05, 3.63) is 65.7 Å². The minimum absolute atomic E-state index is 0.0227. The molecule has 0 aliphatic carbocycles. The van der Waals surface area contributed by atoms with Crippen LogP contribution in [0.15, 0.2) is 54.6 Å². The third-order valence-corrected chi connectivity index (χ3v) is 23.3. The first-order valence-electron chi connectivity index (χ1n) is 31.8. The van der Waals surface area contributed by atoms with Gasteiger partial charge in [0.1, 0.15) is 67.2 Å². The lowest BCUT2D eigenvalue weighted by molar-refractivity contribution is -0.182. The minimum atomic E-state index is -2.93. The summed E-state index contributed by atoms with van der Waals surface area (Å²) < 4.78 is 48.5. The normalized spacial score (nSPS) is 24.6. The number of esters is 2. The highest BCUT2D eigenvalue weighted by Gasteiger charge is 2.50. The summed E-state index contributed by atoms with van der Waals surface area (Å²) in [6.45, 7) is 28.3. The predicted molar refractivity (Wildman–Crippen MR) is 340 cm³/mol. The van der Waals surface area contributed by atoms with E-state index in [1.54, 1.807) is 52.0 Å². The molecule has 2 aliphatic rings. The summed E-state index contributed by atoms with van der Waals surface area (Å²) in [6, 6.07) is 9.96. The number of ether oxygens (including phenoxy) is 7. The molecule has 6 amide bonds. The molecule has 0 aromatic heterocycles. The lowest BCUT2D eigenvalue weighted by Gasteiger charge is -2.47. The maximum atomic E-state index is 15.4. The Hall–Kier alpha value is -6.30. The van der Waals surface area contributed by atoms with Crippen molar-refractivity contribution in [2.45, 2.75) is 239 Å². The number of amides is 6. The Morgan fingerprint density at radius 2 is 1.44 bits per heavy atom. The van der Waals surface area contributed by atoms with Gasteiger partial charge in [-0.15, -0.1) is 0 Å². The van der Waals surface area contributed by atoms with Crippen LogP contribution in [0, 0.1) is 17.8 Å². The summed E-state index contributed by atoms with van der Waals surface area (Å²) >= 11 is 0. The number of likely N-dealkylation sites (N-methyl/N-ethyl adjacent to an activating group) is 1. The van der Waals surface area contributed by atoms with Crippen LogP contribution in [-0.2, 0) is 74.6 Å². The topological polar surface area (TPSA) is 265 Å². The molecule has 2 saturated heterocycles. The molecule has 0 bridgehead atoms. The zero-order valence-corrected chi connectivity index (χ0v) is 57.3. The van der Waals surface area contributed by atoms with Crippen molar-refractivity contribution in [3.8, 4) is 5.75 Å². The highest BCUT2D eigenvalue weighted by atomic mass is 28.4. The number of carbonyl (C=O) groups excluding carboxylic acids is 8. The van der Waals surface area contributed by atoms with Crippen LogP contribution >= 0.6 is 0 Å². The van der Waals surface area contributed by atoms with E-state index in [0.717, 1.165) is 5.56 Å². The molecule has 2 aliphatic heterocycles. The van der Waals surface area contributed by atoms with Crippen molar-refractivity contribution in [2.75, 3.05) is 41.1 Å². The Labute approximate surface area is 530 Å². The molecule has 0 saturated carbocycles. The molecule has 0 spiro atoms. The van der Waals surface area contributed by atoms with Gasteiger partial charge in [-0.1, -0.05) is 125 Å². The molecule has 4 N–H and O–H groups in total. The van der Waals surface area contributed by atoms with Crippen LogP contribution in [0.5, 0.6) is 5.75 Å². The SMILES string of the molecule is CC[C@H](C)C1NC(=O)C(NC(=O)OC(C)(C)C)[C@@H](C)OC(=O)C(Cc2ccc(OC)cc2)N(C)C(=O)[C@@H]2CCCN2C(=O)C(CCCCNC(=O)OCc2ccccc2)NC(=O)[C@@H](C)[C@H](OCOC)C(C(C)C)OC(=O)C[C@@H]1O[Si](C(C)C)(C(C)C)C(C)C. The zero-order valence-electron chi connectivity index (χ0n) is 56.3. The molecule has 23 heteroatoms. The third-order valence-electron chi connectivity index (χ3n) is 17.2. The van der Waals surface area contributed by atoms with Crippen molar-refractivity contribution in [3.63, 3.8) is 0 Å². The van der Waals surface area contributed by atoms with Crippen molar-refractivity contribution >= 4 is 56.1 Å². The first-order chi connectivity index (χ1) is 41.9. The maximum absolute atomic E-state index is 15.4. The van der Waals surface area contributed by atoms with Crippen LogP contribution in [-0.4, -0.2) is 167 Å². The van der Waals surface area contributed by atoms with Crippen LogP contribution in [0.2, 0.25) is 16.6 Å². The molecular formula is C66H106N6O16Si. The first-order valence-corrected chi connectivity index (χ1v) is 34.0. The van der Waals surface area contributed by atoms with Gasteiger partial charge in [0.05, 0.1) is 31.6 Å². The third kappa shape index (κ3) is 21.7. The lowest BCUT2D eigenvalue weighted by Crippen LogP contribution is -2.61. The molecule has 2 fully saturated rings. The second-order valence-electron chi connectivity index (χ2n) is 26.1. The van der Waals surface area contributed by atoms with Crippen molar-refractivity contribution in [1.29, 1.82) is 0 Å². The summed E-state index contributed by atoms with van der Waals surface area (Å²) in [6.07, 6.45) is -4.80. The molecule has 2 aromatic rings. The standard InChI is InChI=1S/C66H106N6O16Si/c1-19-44(10)55-53(88-89(41(4)5,42(6)7)43(8)9)37-54(73)86-57(40(2)3)58(84-39-81-17)45(11)59(74)68-50(28-23-24-34-67-64(79)83-38-48-26-21-20-22-27-48)61(76)72-35-25-29-51(72)62(77)71(16)52(36-47-30-32-49(82-18)33-31-47)63(78)85-46(12)56(60(75)69-55)70-65(80)87-66(13,14)15/h20-22,26-27,30-33,40-46,50-53,55-58H,19,23-25,28-29,34-39H2,1-18H3,(H,67,79)(H,68,74)(H,69,75)(H,70,80)/t44-,45-,46+,50?,51-,52?,53-,55?,56?,57?,58-/m0/s1. The van der Waals surface area contributed by atoms with Gasteiger partial charge >= 0.3 is 24.1 Å². The summed E-state index contributed by atoms with van der Waals surface area (Å²) in [4.78, 5) is 120. The summed E-state index contributed by atoms with van der Waals surface area (Å²) in [5, 5.41) is 11.6. The number of fused-ring (bicyclic) bond motifs is 1. The molecule has 11 atom stereocenters. The molecule has 2 heterocycles. The molecule has 22 nitrogen and oxygen atoms in total. The van der Waals surface area contributed by atoms with Gasteiger partial charge in [-0.3, -0.25) is 24.0 Å². The van der Waals surface area contributed by atoms with Gasteiger partial charge in [0.2, 0.25) is 31.9 Å². The quantitative estimate of drug-likeness (QED) is 0.0281. The Morgan fingerprint density at radius 3 is 2.01 bits per heavy atom. The van der Waals surface area contributed by atoms with E-state index in [2.05, 4.69) is 62.8 Å². The summed E-state index contributed by atoms with van der Waals surface area (Å²) in [7, 11) is 1.47. The summed E-state index contributed by atoms with van der Waals surface area (Å²) in [5.41, 5.74) is 0.493. The van der Waals surface area contributed by atoms with Gasteiger partial charge < -0.3 is 68.7 Å². The minimum Gasteiger partial charge on any atom is -0.497 e. The number of methoxy groups -OCH3 is 2. The fraction of sp³-hybridized carbons (Fsp3) is 0.697. The van der Waals surface area contributed by atoms with E-state index in [9.17, 15) is 14.4 Å². The van der Waals surface area contributed by atoms with Crippen LogP contribution in [0.4, 0.5) is 9.59 Å². The van der Waals surface area contributed by atoms with Gasteiger partial charge in [0.25, 0.3) is 0 Å². The van der Waals surface area contributed by atoms with Crippen LogP contribution < -0.4 is 26.0 Å². The second kappa shape index (κ2) is 35.3. The van der Waals surface area contributed by atoms with E-state index < -0.39 is 128 Å². The van der Waals surface area contributed by atoms with E-state index in [1.165, 1.54) is 38.0 Å². The Morgan fingerprint density at radius 1 is 0.798 bits per heavy atom. The number of cyclic esters (lactones) is 2. The molecule has 2 aromatic carbocycles. The Kier molecular flexibility index (Phi) is 29.8. The van der Waals surface area contributed by atoms with Gasteiger partial charge in [-0.05, 0) is 112 Å². The van der Waals surface area contributed by atoms with Crippen molar-refractivity contribution in [1.82, 2.24) is 31.1 Å². The van der Waals surface area contributed by atoms with Crippen molar-refractivity contribution < 1.29 is 75.9 Å². The van der Waals surface area contributed by atoms with E-state index in [4.69, 9.17) is 37.6 Å². The number of nitrogens with one attached hydrogen (secondary N) is 4. The van der Waals surface area contributed by atoms with Gasteiger partial charge in [-0.25, -0.2) is 14.4 Å².